The van der Waals surface area contributed by atoms with E-state index in [1.165, 1.54) is 0 Å². The van der Waals surface area contributed by atoms with Crippen molar-refractivity contribution in [2.24, 2.45) is 5.92 Å². The Bertz CT molecular complexity index is 221. The molecule has 0 aromatic rings. The molecule has 4 heteroatoms. The number of rotatable bonds is 4. The molecule has 1 amide bonds. The van der Waals surface area contributed by atoms with Crippen molar-refractivity contribution in [3.63, 3.8) is 0 Å². The van der Waals surface area contributed by atoms with Crippen molar-refractivity contribution in [1.29, 1.82) is 0 Å². The van der Waals surface area contributed by atoms with E-state index in [0.29, 0.717) is 5.92 Å². The van der Waals surface area contributed by atoms with Gasteiger partial charge in [0.25, 0.3) is 0 Å². The summed E-state index contributed by atoms with van der Waals surface area (Å²) in [5.74, 6) is 0.343. The van der Waals surface area contributed by atoms with E-state index in [0.717, 1.165) is 0 Å². The maximum Gasteiger partial charge on any atom is 0.407 e. The zero-order valence-electron chi connectivity index (χ0n) is 11.5. The van der Waals surface area contributed by atoms with E-state index in [1.54, 1.807) is 7.11 Å². The summed E-state index contributed by atoms with van der Waals surface area (Å²) in [6, 6.07) is -0.0696. The van der Waals surface area contributed by atoms with Gasteiger partial charge in [0, 0.05) is 7.11 Å². The van der Waals surface area contributed by atoms with E-state index < -0.39 is 11.7 Å². The average Bonchev–Trinajstić information content (AvgIpc) is 1.99. The Kier molecular flexibility index (Phi) is 5.79. The Balaban J connectivity index is 4.22. The Morgan fingerprint density at radius 3 is 2.00 bits per heavy atom. The molecule has 96 valence electrons. The number of alkyl carbamates (subject to hydrolysis) is 1. The van der Waals surface area contributed by atoms with Gasteiger partial charge in [-0.25, -0.2) is 4.79 Å². The molecule has 0 saturated carbocycles. The van der Waals surface area contributed by atoms with Crippen LogP contribution in [0.3, 0.4) is 0 Å². The standard InChI is InChI=1S/C12H25NO3/c1-8(2)10(15-7)9(3)13-11(14)16-12(4,5)6/h8-10H,1-7H3,(H,13,14)/t9-,10?/m1/s1. The van der Waals surface area contributed by atoms with Gasteiger partial charge in [0.15, 0.2) is 0 Å². The Morgan fingerprint density at radius 1 is 1.19 bits per heavy atom. The summed E-state index contributed by atoms with van der Waals surface area (Å²) in [5.41, 5.74) is -0.468. The number of nitrogens with one attached hydrogen (secondary N) is 1. The van der Waals surface area contributed by atoms with Crippen LogP contribution in [0.4, 0.5) is 4.79 Å². The topological polar surface area (TPSA) is 47.6 Å². The Morgan fingerprint density at radius 2 is 1.69 bits per heavy atom. The molecule has 0 aliphatic carbocycles. The summed E-state index contributed by atoms with van der Waals surface area (Å²) in [6.07, 6.45) is -0.407. The van der Waals surface area contributed by atoms with E-state index in [2.05, 4.69) is 19.2 Å². The van der Waals surface area contributed by atoms with E-state index in [4.69, 9.17) is 9.47 Å². The molecule has 2 atom stereocenters. The highest BCUT2D eigenvalue weighted by Crippen LogP contribution is 2.11. The van der Waals surface area contributed by atoms with Gasteiger partial charge in [-0.15, -0.1) is 0 Å². The van der Waals surface area contributed by atoms with E-state index in [1.807, 2.05) is 27.7 Å². The largest absolute Gasteiger partial charge is 0.444 e. The second-order valence-corrected chi connectivity index (χ2v) is 5.38. The molecule has 16 heavy (non-hydrogen) atoms. The van der Waals surface area contributed by atoms with Gasteiger partial charge in [-0.3, -0.25) is 0 Å². The van der Waals surface area contributed by atoms with E-state index in [9.17, 15) is 4.79 Å². The predicted octanol–water partition coefficient (Wildman–Crippen LogP) is 2.57. The summed E-state index contributed by atoms with van der Waals surface area (Å²) in [5, 5.41) is 2.78. The lowest BCUT2D eigenvalue weighted by atomic mass is 10.0. The molecule has 1 N–H and O–H groups in total. The fraction of sp³-hybridized carbons (Fsp3) is 0.917. The molecule has 0 heterocycles. The first-order chi connectivity index (χ1) is 7.17. The summed E-state index contributed by atoms with van der Waals surface area (Å²) in [6.45, 7) is 11.6. The number of methoxy groups -OCH3 is 1. The minimum Gasteiger partial charge on any atom is -0.444 e. The number of carbonyl (C=O) groups excluding carboxylic acids is 1. The molecule has 0 aromatic carbocycles. The smallest absolute Gasteiger partial charge is 0.407 e. The van der Waals surface area contributed by atoms with Gasteiger partial charge in [0.05, 0.1) is 12.1 Å². The van der Waals surface area contributed by atoms with Crippen molar-refractivity contribution >= 4 is 6.09 Å². The van der Waals surface area contributed by atoms with Crippen LogP contribution in [0.25, 0.3) is 0 Å². The Hall–Kier alpha value is -0.770. The first-order valence-corrected chi connectivity index (χ1v) is 5.69. The van der Waals surface area contributed by atoms with Crippen molar-refractivity contribution in [3.05, 3.63) is 0 Å². The summed E-state index contributed by atoms with van der Waals surface area (Å²) >= 11 is 0. The molecule has 0 spiro atoms. The van der Waals surface area contributed by atoms with Crippen LogP contribution in [-0.2, 0) is 9.47 Å². The molecular formula is C12H25NO3. The van der Waals surface area contributed by atoms with Crippen LogP contribution in [0.5, 0.6) is 0 Å². The zero-order chi connectivity index (χ0) is 12.9. The third kappa shape index (κ3) is 5.95. The van der Waals surface area contributed by atoms with Crippen LogP contribution in [-0.4, -0.2) is 30.9 Å². The highest BCUT2D eigenvalue weighted by molar-refractivity contribution is 5.68. The normalized spacial score (nSPS) is 15.8. The third-order valence-electron chi connectivity index (χ3n) is 2.17. The van der Waals surface area contributed by atoms with Crippen molar-refractivity contribution < 1.29 is 14.3 Å². The van der Waals surface area contributed by atoms with Crippen LogP contribution in [0.15, 0.2) is 0 Å². The molecular weight excluding hydrogens is 206 g/mol. The average molecular weight is 231 g/mol. The predicted molar refractivity (Wildman–Crippen MR) is 64.5 cm³/mol. The summed E-state index contributed by atoms with van der Waals surface area (Å²) in [4.78, 5) is 11.5. The van der Waals surface area contributed by atoms with E-state index >= 15 is 0 Å². The van der Waals surface area contributed by atoms with Gasteiger partial charge in [0.2, 0.25) is 0 Å². The van der Waals surface area contributed by atoms with Gasteiger partial charge in [-0.1, -0.05) is 13.8 Å². The van der Waals surface area contributed by atoms with Gasteiger partial charge in [-0.2, -0.15) is 0 Å². The highest BCUT2D eigenvalue weighted by atomic mass is 16.6. The Labute approximate surface area is 98.7 Å². The lowest BCUT2D eigenvalue weighted by Crippen LogP contribution is -2.46. The van der Waals surface area contributed by atoms with Gasteiger partial charge in [0.1, 0.15) is 5.60 Å². The number of ether oxygens (including phenoxy) is 2. The van der Waals surface area contributed by atoms with E-state index in [-0.39, 0.29) is 12.1 Å². The summed E-state index contributed by atoms with van der Waals surface area (Å²) in [7, 11) is 1.65. The molecule has 0 saturated heterocycles. The van der Waals surface area contributed by atoms with Crippen LogP contribution < -0.4 is 5.32 Å². The van der Waals surface area contributed by atoms with Crippen molar-refractivity contribution in [2.45, 2.75) is 59.3 Å². The van der Waals surface area contributed by atoms with Gasteiger partial charge >= 0.3 is 6.09 Å². The van der Waals surface area contributed by atoms with Gasteiger partial charge in [-0.05, 0) is 33.6 Å². The SMILES string of the molecule is COC(C(C)C)[C@@H](C)NC(=O)OC(C)(C)C. The lowest BCUT2D eigenvalue weighted by molar-refractivity contribution is 0.0213. The zero-order valence-corrected chi connectivity index (χ0v) is 11.5. The second kappa shape index (κ2) is 6.09. The molecule has 1 unspecified atom stereocenters. The minimum atomic E-state index is -0.468. The number of hydrogen-bond acceptors (Lipinski definition) is 3. The first-order valence-electron chi connectivity index (χ1n) is 5.69. The third-order valence-corrected chi connectivity index (χ3v) is 2.17. The molecule has 0 fully saturated rings. The molecule has 0 bridgehead atoms. The number of amides is 1. The van der Waals surface area contributed by atoms with Gasteiger partial charge < -0.3 is 14.8 Å². The molecule has 0 aliphatic rings. The monoisotopic (exact) mass is 231 g/mol. The van der Waals surface area contributed by atoms with Crippen LogP contribution in [0.2, 0.25) is 0 Å². The quantitative estimate of drug-likeness (QED) is 0.809. The molecule has 0 aliphatic heterocycles. The number of carbonyl (C=O) groups is 1. The van der Waals surface area contributed by atoms with Crippen LogP contribution in [0.1, 0.15) is 41.5 Å². The molecule has 0 rings (SSSR count). The number of hydrogen-bond donors (Lipinski definition) is 1. The molecule has 0 aromatic heterocycles. The highest BCUT2D eigenvalue weighted by Gasteiger charge is 2.24. The first kappa shape index (κ1) is 15.2. The molecule has 0 radical (unpaired) electrons. The fourth-order valence-corrected chi connectivity index (χ4v) is 1.63. The maximum atomic E-state index is 11.5. The van der Waals surface area contributed by atoms with Crippen molar-refractivity contribution in [2.75, 3.05) is 7.11 Å². The fourth-order valence-electron chi connectivity index (χ4n) is 1.63. The minimum absolute atomic E-state index is 0.00693. The van der Waals surface area contributed by atoms with Crippen LogP contribution in [0, 0.1) is 5.92 Å². The molecule has 4 nitrogen and oxygen atoms in total. The maximum absolute atomic E-state index is 11.5. The lowest BCUT2D eigenvalue weighted by Gasteiger charge is -2.28. The summed E-state index contributed by atoms with van der Waals surface area (Å²) < 4.78 is 10.5. The van der Waals surface area contributed by atoms with Crippen LogP contribution >= 0.6 is 0 Å². The van der Waals surface area contributed by atoms with Crippen molar-refractivity contribution in [1.82, 2.24) is 5.32 Å². The van der Waals surface area contributed by atoms with Crippen molar-refractivity contribution in [3.8, 4) is 0 Å². The second-order valence-electron chi connectivity index (χ2n) is 5.38.